The van der Waals surface area contributed by atoms with Gasteiger partial charge in [0.1, 0.15) is 0 Å². The smallest absolute Gasteiger partial charge is 0.0759 e. The molecule has 2 nitrogen and oxygen atoms in total. The summed E-state index contributed by atoms with van der Waals surface area (Å²) in [6.45, 7) is 1.96. The van der Waals surface area contributed by atoms with Crippen molar-refractivity contribution in [2.24, 2.45) is 5.73 Å². The monoisotopic (exact) mass is 114 g/mol. The molecule has 0 amide bonds. The zero-order valence-corrected chi connectivity index (χ0v) is 5.76. The van der Waals surface area contributed by atoms with E-state index in [1.54, 1.807) is 0 Å². The van der Waals surface area contributed by atoms with Gasteiger partial charge in [-0.2, -0.15) is 0 Å². The van der Waals surface area contributed by atoms with Gasteiger partial charge in [0.15, 0.2) is 0 Å². The molecule has 48 valence electrons. The maximum absolute atomic E-state index is 5.57. The zero-order chi connectivity index (χ0) is 6.57. The van der Waals surface area contributed by atoms with Crippen LogP contribution in [-0.2, 0) is 0 Å². The maximum Gasteiger partial charge on any atom is 0.0759 e. The van der Waals surface area contributed by atoms with Crippen molar-refractivity contribution in [1.82, 2.24) is 4.90 Å². The second-order valence-electron chi connectivity index (χ2n) is 1.98. The minimum absolute atomic E-state index is 0.0694. The van der Waals surface area contributed by atoms with Gasteiger partial charge in [0.25, 0.3) is 0 Å². The molecule has 0 saturated heterocycles. The summed E-state index contributed by atoms with van der Waals surface area (Å²) in [6.07, 6.45) is 3.96. The van der Waals surface area contributed by atoms with E-state index in [-0.39, 0.29) is 6.17 Å². The molecule has 0 heterocycles. The summed E-state index contributed by atoms with van der Waals surface area (Å²) in [4.78, 5) is 1.94. The van der Waals surface area contributed by atoms with Gasteiger partial charge >= 0.3 is 0 Å². The molecule has 0 aliphatic heterocycles. The normalized spacial score (nSPS) is 15.6. The minimum Gasteiger partial charge on any atom is -0.312 e. The lowest BCUT2D eigenvalue weighted by Crippen LogP contribution is -2.33. The Morgan fingerprint density at radius 1 is 1.50 bits per heavy atom. The van der Waals surface area contributed by atoms with E-state index < -0.39 is 0 Å². The number of hydrogen-bond donors (Lipinski definition) is 1. The SMILES string of the molecule is C/C=C\C(N)N(C)C. The fourth-order valence-electron chi connectivity index (χ4n) is 0.369. The van der Waals surface area contributed by atoms with Crippen LogP contribution >= 0.6 is 0 Å². The molecule has 0 spiro atoms. The third-order valence-corrected chi connectivity index (χ3v) is 0.986. The highest BCUT2D eigenvalue weighted by molar-refractivity contribution is 4.86. The van der Waals surface area contributed by atoms with Crippen LogP contribution in [-0.4, -0.2) is 25.2 Å². The third-order valence-electron chi connectivity index (χ3n) is 0.986. The van der Waals surface area contributed by atoms with Crippen LogP contribution in [0.5, 0.6) is 0 Å². The Morgan fingerprint density at radius 2 is 2.00 bits per heavy atom. The van der Waals surface area contributed by atoms with Crippen LogP contribution in [0.25, 0.3) is 0 Å². The Kier molecular flexibility index (Phi) is 3.48. The molecule has 0 aromatic heterocycles. The molecule has 8 heavy (non-hydrogen) atoms. The van der Waals surface area contributed by atoms with Gasteiger partial charge in [0.2, 0.25) is 0 Å². The number of likely N-dealkylation sites (N-methyl/N-ethyl adjacent to an activating group) is 1. The Hall–Kier alpha value is -0.340. The molecule has 0 radical (unpaired) electrons. The van der Waals surface area contributed by atoms with Crippen LogP contribution in [0.4, 0.5) is 0 Å². The fraction of sp³-hybridized carbons (Fsp3) is 0.667. The fourth-order valence-corrected chi connectivity index (χ4v) is 0.369. The first-order valence-electron chi connectivity index (χ1n) is 2.73. The first-order chi connectivity index (χ1) is 3.68. The van der Waals surface area contributed by atoms with Gasteiger partial charge in [0.05, 0.1) is 6.17 Å². The van der Waals surface area contributed by atoms with E-state index in [2.05, 4.69) is 0 Å². The van der Waals surface area contributed by atoms with Gasteiger partial charge < -0.3 is 5.73 Å². The molecular formula is C6H14N2. The Labute approximate surface area is 51.0 Å². The Morgan fingerprint density at radius 3 is 2.12 bits per heavy atom. The van der Waals surface area contributed by atoms with E-state index in [1.165, 1.54) is 0 Å². The molecule has 2 heteroatoms. The number of allylic oxidation sites excluding steroid dienone is 1. The van der Waals surface area contributed by atoms with Crippen molar-refractivity contribution < 1.29 is 0 Å². The molecule has 2 N–H and O–H groups in total. The molecular weight excluding hydrogens is 100 g/mol. The molecule has 1 unspecified atom stereocenters. The lowest BCUT2D eigenvalue weighted by molar-refractivity contribution is 0.351. The lowest BCUT2D eigenvalue weighted by atomic mass is 10.4. The van der Waals surface area contributed by atoms with Gasteiger partial charge in [-0.15, -0.1) is 0 Å². The summed E-state index contributed by atoms with van der Waals surface area (Å²) in [6, 6.07) is 0. The quantitative estimate of drug-likeness (QED) is 0.416. The van der Waals surface area contributed by atoms with Crippen LogP contribution in [0.1, 0.15) is 6.92 Å². The average Bonchev–Trinajstić information content (AvgIpc) is 1.67. The third kappa shape index (κ3) is 2.77. The summed E-state index contributed by atoms with van der Waals surface area (Å²) in [7, 11) is 3.90. The number of nitrogens with zero attached hydrogens (tertiary/aromatic N) is 1. The number of hydrogen-bond acceptors (Lipinski definition) is 2. The predicted molar refractivity (Wildman–Crippen MR) is 36.5 cm³/mol. The molecule has 0 bridgehead atoms. The van der Waals surface area contributed by atoms with E-state index in [0.29, 0.717) is 0 Å². The van der Waals surface area contributed by atoms with Crippen LogP contribution in [0.15, 0.2) is 12.2 Å². The van der Waals surface area contributed by atoms with Crippen molar-refractivity contribution in [3.63, 3.8) is 0 Å². The van der Waals surface area contributed by atoms with Crippen molar-refractivity contribution in [2.75, 3.05) is 14.1 Å². The molecule has 1 atom stereocenters. The molecule has 0 aliphatic rings. The topological polar surface area (TPSA) is 29.3 Å². The molecule has 0 saturated carbocycles. The number of nitrogens with two attached hydrogens (primary N) is 1. The highest BCUT2D eigenvalue weighted by Gasteiger charge is 1.95. The summed E-state index contributed by atoms with van der Waals surface area (Å²) < 4.78 is 0. The molecule has 0 rings (SSSR count). The summed E-state index contributed by atoms with van der Waals surface area (Å²) in [5, 5.41) is 0. The van der Waals surface area contributed by atoms with Gasteiger partial charge in [-0.05, 0) is 21.0 Å². The van der Waals surface area contributed by atoms with Crippen molar-refractivity contribution in [1.29, 1.82) is 0 Å². The van der Waals surface area contributed by atoms with Gasteiger partial charge in [-0.3, -0.25) is 4.90 Å². The Balaban J connectivity index is 3.47. The predicted octanol–water partition coefficient (Wildman–Crippen LogP) is 0.409. The van der Waals surface area contributed by atoms with Gasteiger partial charge in [-0.1, -0.05) is 12.2 Å². The lowest BCUT2D eigenvalue weighted by Gasteiger charge is -2.14. The van der Waals surface area contributed by atoms with E-state index in [4.69, 9.17) is 5.73 Å². The van der Waals surface area contributed by atoms with Gasteiger partial charge in [0, 0.05) is 0 Å². The van der Waals surface area contributed by atoms with Gasteiger partial charge in [-0.25, -0.2) is 0 Å². The summed E-state index contributed by atoms with van der Waals surface area (Å²) in [5.41, 5.74) is 5.57. The average molecular weight is 114 g/mol. The van der Waals surface area contributed by atoms with Crippen molar-refractivity contribution in [3.05, 3.63) is 12.2 Å². The van der Waals surface area contributed by atoms with E-state index >= 15 is 0 Å². The number of rotatable bonds is 2. The first kappa shape index (κ1) is 7.66. The second kappa shape index (κ2) is 3.64. The van der Waals surface area contributed by atoms with Crippen LogP contribution in [0.2, 0.25) is 0 Å². The van der Waals surface area contributed by atoms with E-state index in [0.717, 1.165) is 0 Å². The largest absolute Gasteiger partial charge is 0.312 e. The first-order valence-corrected chi connectivity index (χ1v) is 2.73. The summed E-state index contributed by atoms with van der Waals surface area (Å²) in [5.74, 6) is 0. The van der Waals surface area contributed by atoms with Crippen LogP contribution in [0, 0.1) is 0 Å². The van der Waals surface area contributed by atoms with E-state index in [9.17, 15) is 0 Å². The maximum atomic E-state index is 5.57. The van der Waals surface area contributed by atoms with Crippen LogP contribution in [0.3, 0.4) is 0 Å². The van der Waals surface area contributed by atoms with Crippen molar-refractivity contribution in [3.8, 4) is 0 Å². The molecule has 0 fully saturated rings. The highest BCUT2D eigenvalue weighted by atomic mass is 15.2. The zero-order valence-electron chi connectivity index (χ0n) is 5.76. The summed E-state index contributed by atoms with van der Waals surface area (Å²) >= 11 is 0. The molecule has 0 aliphatic carbocycles. The standard InChI is InChI=1S/C6H14N2/c1-4-5-6(7)8(2)3/h4-6H,7H2,1-3H3/b5-4-. The second-order valence-corrected chi connectivity index (χ2v) is 1.98. The molecule has 0 aromatic rings. The Bertz CT molecular complexity index is 76.6. The molecule has 0 aromatic carbocycles. The van der Waals surface area contributed by atoms with E-state index in [1.807, 2.05) is 38.1 Å². The minimum atomic E-state index is 0.0694. The van der Waals surface area contributed by atoms with Crippen molar-refractivity contribution >= 4 is 0 Å². The highest BCUT2D eigenvalue weighted by Crippen LogP contribution is 1.83. The van der Waals surface area contributed by atoms with Crippen molar-refractivity contribution in [2.45, 2.75) is 13.1 Å². The van der Waals surface area contributed by atoms with Crippen LogP contribution < -0.4 is 5.73 Å².